The van der Waals surface area contributed by atoms with Crippen molar-refractivity contribution in [1.29, 1.82) is 0 Å². The minimum atomic E-state index is -0.0111. The van der Waals surface area contributed by atoms with Crippen LogP contribution in [0, 0.1) is 5.41 Å². The highest BCUT2D eigenvalue weighted by Crippen LogP contribution is 2.49. The molecule has 0 aromatic heterocycles. The van der Waals surface area contributed by atoms with E-state index in [0.717, 1.165) is 44.7 Å². The predicted molar refractivity (Wildman–Crippen MR) is 105 cm³/mol. The monoisotopic (exact) mass is 357 g/mol. The standard InChI is InChI=1S/C22H32FN3/c1-17(2)26-16-22(20-14-18(23)6-5-8-21(20)26)9-12-25(13-10-22)15-19-7-3-4-11-24-19/h5,8,14,19,24H,1,3-4,6-7,9-13,15-16H2,2H3. The van der Waals surface area contributed by atoms with E-state index >= 15 is 0 Å². The van der Waals surface area contributed by atoms with E-state index in [2.05, 4.69) is 34.7 Å². The maximum absolute atomic E-state index is 14.2. The number of hydrogen-bond donors (Lipinski definition) is 1. The Bertz CT molecular complexity index is 646. The molecule has 0 amide bonds. The van der Waals surface area contributed by atoms with Gasteiger partial charge in [-0.1, -0.05) is 19.1 Å². The number of nitrogens with zero attached hydrogens (tertiary/aromatic N) is 2. The Labute approximate surface area is 157 Å². The maximum Gasteiger partial charge on any atom is 0.104 e. The van der Waals surface area contributed by atoms with Crippen LogP contribution in [0.1, 0.15) is 45.4 Å². The molecule has 4 heteroatoms. The fourth-order valence-electron chi connectivity index (χ4n) is 5.12. The summed E-state index contributed by atoms with van der Waals surface area (Å²) in [6.07, 6.45) is 12.5. The first-order chi connectivity index (χ1) is 12.6. The van der Waals surface area contributed by atoms with Crippen molar-refractivity contribution in [2.45, 2.75) is 51.5 Å². The van der Waals surface area contributed by atoms with Crippen molar-refractivity contribution >= 4 is 0 Å². The number of allylic oxidation sites excluding steroid dienone is 5. The molecule has 3 aliphatic heterocycles. The molecule has 4 aliphatic rings. The number of rotatable bonds is 3. The molecule has 4 rings (SSSR count). The zero-order valence-corrected chi connectivity index (χ0v) is 16.1. The van der Waals surface area contributed by atoms with Crippen molar-refractivity contribution < 1.29 is 4.39 Å². The van der Waals surface area contributed by atoms with Crippen molar-refractivity contribution in [2.24, 2.45) is 5.41 Å². The summed E-state index contributed by atoms with van der Waals surface area (Å²) in [7, 11) is 0. The van der Waals surface area contributed by atoms with Crippen molar-refractivity contribution in [3.8, 4) is 0 Å². The van der Waals surface area contributed by atoms with Crippen LogP contribution in [0.3, 0.4) is 0 Å². The van der Waals surface area contributed by atoms with Crippen LogP contribution in [0.25, 0.3) is 0 Å². The van der Waals surface area contributed by atoms with E-state index in [9.17, 15) is 4.39 Å². The van der Waals surface area contributed by atoms with E-state index in [1.165, 1.54) is 37.1 Å². The Balaban J connectivity index is 1.50. The minimum absolute atomic E-state index is 0.0111. The van der Waals surface area contributed by atoms with Crippen LogP contribution in [0.2, 0.25) is 0 Å². The lowest BCUT2D eigenvalue weighted by Crippen LogP contribution is -2.49. The highest BCUT2D eigenvalue weighted by molar-refractivity contribution is 5.47. The van der Waals surface area contributed by atoms with Crippen molar-refractivity contribution in [1.82, 2.24) is 15.1 Å². The lowest BCUT2D eigenvalue weighted by atomic mass is 9.73. The molecule has 0 aromatic carbocycles. The lowest BCUT2D eigenvalue weighted by molar-refractivity contribution is 0.114. The zero-order chi connectivity index (χ0) is 18.1. The molecular weight excluding hydrogens is 325 g/mol. The van der Waals surface area contributed by atoms with Gasteiger partial charge in [0.15, 0.2) is 0 Å². The van der Waals surface area contributed by atoms with E-state index in [1.807, 2.05) is 12.2 Å². The van der Waals surface area contributed by atoms with Gasteiger partial charge < -0.3 is 15.1 Å². The Morgan fingerprint density at radius 3 is 2.85 bits per heavy atom. The quantitative estimate of drug-likeness (QED) is 0.819. The summed E-state index contributed by atoms with van der Waals surface area (Å²) in [4.78, 5) is 4.92. The molecule has 1 aliphatic carbocycles. The number of piperidine rings is 2. The van der Waals surface area contributed by atoms with Gasteiger partial charge in [-0.05, 0) is 70.0 Å². The molecule has 0 bridgehead atoms. The Kier molecular flexibility index (Phi) is 5.07. The highest BCUT2D eigenvalue weighted by Gasteiger charge is 2.45. The topological polar surface area (TPSA) is 18.5 Å². The second-order valence-electron chi connectivity index (χ2n) is 8.55. The van der Waals surface area contributed by atoms with Crippen LogP contribution in [0.5, 0.6) is 0 Å². The van der Waals surface area contributed by atoms with Gasteiger partial charge in [-0.15, -0.1) is 0 Å². The molecule has 0 radical (unpaired) electrons. The number of likely N-dealkylation sites (tertiary alicyclic amines) is 1. The van der Waals surface area contributed by atoms with Crippen LogP contribution in [-0.4, -0.2) is 48.6 Å². The Hall–Kier alpha value is -1.39. The summed E-state index contributed by atoms with van der Waals surface area (Å²) in [5.74, 6) is -0.0111. The molecule has 142 valence electrons. The molecule has 1 spiro atoms. The van der Waals surface area contributed by atoms with Gasteiger partial charge in [-0.25, -0.2) is 4.39 Å². The van der Waals surface area contributed by atoms with Crippen molar-refractivity contribution in [2.75, 3.05) is 32.7 Å². The second kappa shape index (κ2) is 7.32. The summed E-state index contributed by atoms with van der Waals surface area (Å²) in [5.41, 5.74) is 3.52. The van der Waals surface area contributed by atoms with Crippen LogP contribution in [-0.2, 0) is 0 Å². The van der Waals surface area contributed by atoms with Crippen LogP contribution < -0.4 is 5.32 Å². The SMILES string of the molecule is C=C(C)N1CC2(CCN(CC3CCCCN3)CC2)C2=C1C=CCC(F)=C2. The van der Waals surface area contributed by atoms with Crippen molar-refractivity contribution in [3.05, 3.63) is 47.6 Å². The summed E-state index contributed by atoms with van der Waals surface area (Å²) >= 11 is 0. The molecular formula is C22H32FN3. The highest BCUT2D eigenvalue weighted by atomic mass is 19.1. The largest absolute Gasteiger partial charge is 0.345 e. The van der Waals surface area contributed by atoms with E-state index < -0.39 is 0 Å². The molecule has 2 saturated heterocycles. The normalized spacial score (nSPS) is 28.9. The molecule has 3 nitrogen and oxygen atoms in total. The first-order valence-corrected chi connectivity index (χ1v) is 10.2. The van der Waals surface area contributed by atoms with Crippen LogP contribution in [0.15, 0.2) is 47.6 Å². The summed E-state index contributed by atoms with van der Waals surface area (Å²) < 4.78 is 14.2. The van der Waals surface area contributed by atoms with E-state index in [1.54, 1.807) is 0 Å². The van der Waals surface area contributed by atoms with Crippen molar-refractivity contribution in [3.63, 3.8) is 0 Å². The van der Waals surface area contributed by atoms with Crippen LogP contribution >= 0.6 is 0 Å². The Morgan fingerprint density at radius 1 is 1.35 bits per heavy atom. The Morgan fingerprint density at radius 2 is 2.15 bits per heavy atom. The third-order valence-corrected chi connectivity index (χ3v) is 6.65. The number of halogens is 1. The van der Waals surface area contributed by atoms with Gasteiger partial charge in [-0.2, -0.15) is 0 Å². The van der Waals surface area contributed by atoms with Gasteiger partial charge in [0.05, 0.1) is 0 Å². The second-order valence-corrected chi connectivity index (χ2v) is 8.55. The molecule has 1 N–H and O–H groups in total. The minimum Gasteiger partial charge on any atom is -0.345 e. The van der Waals surface area contributed by atoms with Gasteiger partial charge in [0, 0.05) is 42.4 Å². The van der Waals surface area contributed by atoms with E-state index in [4.69, 9.17) is 0 Å². The fraction of sp³-hybridized carbons (Fsp3) is 0.636. The van der Waals surface area contributed by atoms with Gasteiger partial charge in [0.1, 0.15) is 5.83 Å². The number of nitrogens with one attached hydrogen (secondary N) is 1. The van der Waals surface area contributed by atoms with E-state index in [0.29, 0.717) is 12.5 Å². The molecule has 0 aromatic rings. The summed E-state index contributed by atoms with van der Waals surface area (Å²) in [6, 6.07) is 0.654. The third kappa shape index (κ3) is 3.41. The molecule has 26 heavy (non-hydrogen) atoms. The van der Waals surface area contributed by atoms with Gasteiger partial charge >= 0.3 is 0 Å². The fourth-order valence-corrected chi connectivity index (χ4v) is 5.12. The van der Waals surface area contributed by atoms with Crippen LogP contribution in [0.4, 0.5) is 4.39 Å². The number of hydrogen-bond acceptors (Lipinski definition) is 3. The van der Waals surface area contributed by atoms with Gasteiger partial charge in [0.2, 0.25) is 0 Å². The average Bonchev–Trinajstić information content (AvgIpc) is 2.78. The molecule has 1 unspecified atom stereocenters. The smallest absolute Gasteiger partial charge is 0.104 e. The average molecular weight is 358 g/mol. The maximum atomic E-state index is 14.2. The van der Waals surface area contributed by atoms with E-state index in [-0.39, 0.29) is 11.2 Å². The molecule has 0 saturated carbocycles. The predicted octanol–water partition coefficient (Wildman–Crippen LogP) is 4.13. The number of fused-ring (bicyclic) bond motifs is 1. The summed E-state index contributed by atoms with van der Waals surface area (Å²) in [5, 5.41) is 3.67. The summed E-state index contributed by atoms with van der Waals surface area (Å²) in [6.45, 7) is 11.7. The zero-order valence-electron chi connectivity index (χ0n) is 16.1. The first-order valence-electron chi connectivity index (χ1n) is 10.2. The molecule has 1 atom stereocenters. The lowest BCUT2D eigenvalue weighted by Gasteiger charge is -2.42. The van der Waals surface area contributed by atoms with Gasteiger partial charge in [0.25, 0.3) is 0 Å². The van der Waals surface area contributed by atoms with Gasteiger partial charge in [-0.3, -0.25) is 0 Å². The first kappa shape index (κ1) is 18.0. The molecule has 3 heterocycles. The molecule has 2 fully saturated rings. The third-order valence-electron chi connectivity index (χ3n) is 6.65.